The highest BCUT2D eigenvalue weighted by atomic mass is 32.2. The summed E-state index contributed by atoms with van der Waals surface area (Å²) in [5.41, 5.74) is 8.04. The second-order valence-corrected chi connectivity index (χ2v) is 7.08. The van der Waals surface area contributed by atoms with E-state index in [1.807, 2.05) is 16.7 Å². The number of imidazole rings is 1. The molecular formula is C12H15N3O2S. The van der Waals surface area contributed by atoms with Gasteiger partial charge in [-0.25, -0.2) is 13.4 Å². The minimum absolute atomic E-state index is 0.0184. The maximum absolute atomic E-state index is 11.6. The van der Waals surface area contributed by atoms with Gasteiger partial charge in [-0.3, -0.25) is 0 Å². The third kappa shape index (κ3) is 2.08. The van der Waals surface area contributed by atoms with E-state index >= 15 is 0 Å². The number of nitrogens with zero attached hydrogens (tertiary/aromatic N) is 2. The van der Waals surface area contributed by atoms with E-state index in [9.17, 15) is 8.42 Å². The first-order chi connectivity index (χ1) is 8.53. The lowest BCUT2D eigenvalue weighted by molar-refractivity contribution is 0.550. The van der Waals surface area contributed by atoms with Gasteiger partial charge in [-0.2, -0.15) is 0 Å². The van der Waals surface area contributed by atoms with E-state index in [0.717, 1.165) is 24.2 Å². The van der Waals surface area contributed by atoms with E-state index in [4.69, 9.17) is 5.73 Å². The Balaban J connectivity index is 1.99. The molecule has 18 heavy (non-hydrogen) atoms. The van der Waals surface area contributed by atoms with E-state index in [-0.39, 0.29) is 11.7 Å². The molecular weight excluding hydrogens is 250 g/mol. The van der Waals surface area contributed by atoms with Gasteiger partial charge in [0.1, 0.15) is 5.65 Å². The van der Waals surface area contributed by atoms with E-state index < -0.39 is 9.84 Å². The molecule has 1 saturated heterocycles. The smallest absolute Gasteiger partial charge is 0.150 e. The molecule has 2 N–H and O–H groups in total. The lowest BCUT2D eigenvalue weighted by Gasteiger charge is -2.19. The van der Waals surface area contributed by atoms with Gasteiger partial charge in [0.2, 0.25) is 0 Å². The summed E-state index contributed by atoms with van der Waals surface area (Å²) in [7, 11) is -2.90. The molecule has 2 aromatic rings. The number of aromatic nitrogens is 2. The zero-order valence-electron chi connectivity index (χ0n) is 9.91. The van der Waals surface area contributed by atoms with Crippen molar-refractivity contribution in [3.05, 3.63) is 30.2 Å². The Hall–Kier alpha value is -1.56. The van der Waals surface area contributed by atoms with Gasteiger partial charge in [-0.05, 0) is 25.0 Å². The van der Waals surface area contributed by atoms with Crippen LogP contribution in [0.15, 0.2) is 24.5 Å². The third-order valence-corrected chi connectivity index (χ3v) is 5.19. The van der Waals surface area contributed by atoms with Crippen molar-refractivity contribution in [1.29, 1.82) is 0 Å². The first-order valence-electron chi connectivity index (χ1n) is 5.98. The highest BCUT2D eigenvalue weighted by Crippen LogP contribution is 2.28. The van der Waals surface area contributed by atoms with Crippen molar-refractivity contribution in [1.82, 2.24) is 9.38 Å². The van der Waals surface area contributed by atoms with Gasteiger partial charge in [0.15, 0.2) is 9.84 Å². The summed E-state index contributed by atoms with van der Waals surface area (Å²) in [5.74, 6) is 0.542. The van der Waals surface area contributed by atoms with E-state index in [1.165, 1.54) is 0 Å². The summed E-state index contributed by atoms with van der Waals surface area (Å²) in [6, 6.07) is 3.64. The predicted molar refractivity (Wildman–Crippen MR) is 70.2 cm³/mol. The minimum atomic E-state index is -2.90. The largest absolute Gasteiger partial charge is 0.398 e. The Morgan fingerprint density at radius 3 is 2.94 bits per heavy atom. The molecule has 0 aliphatic carbocycles. The quantitative estimate of drug-likeness (QED) is 0.840. The Labute approximate surface area is 106 Å². The number of rotatable bonds is 1. The number of nitrogen functional groups attached to an aromatic ring is 1. The molecule has 96 valence electrons. The molecule has 0 aromatic carbocycles. The molecule has 1 unspecified atom stereocenters. The second kappa shape index (κ2) is 3.98. The fourth-order valence-electron chi connectivity index (χ4n) is 2.48. The summed E-state index contributed by atoms with van der Waals surface area (Å²) in [6.07, 6.45) is 5.29. The number of nitrogens with two attached hydrogens (primary N) is 1. The molecule has 3 rings (SSSR count). The fraction of sp³-hybridized carbons (Fsp3) is 0.417. The summed E-state index contributed by atoms with van der Waals surface area (Å²) >= 11 is 0. The van der Waals surface area contributed by atoms with Crippen molar-refractivity contribution in [2.75, 3.05) is 17.2 Å². The highest BCUT2D eigenvalue weighted by molar-refractivity contribution is 7.91. The van der Waals surface area contributed by atoms with Gasteiger partial charge in [0.05, 0.1) is 17.2 Å². The van der Waals surface area contributed by atoms with Gasteiger partial charge in [-0.1, -0.05) is 0 Å². The Bertz CT molecular complexity index is 690. The molecule has 5 nitrogen and oxygen atoms in total. The molecule has 0 radical (unpaired) electrons. The average molecular weight is 265 g/mol. The van der Waals surface area contributed by atoms with E-state index in [2.05, 4.69) is 4.98 Å². The summed E-state index contributed by atoms with van der Waals surface area (Å²) < 4.78 is 25.2. The maximum atomic E-state index is 11.6. The van der Waals surface area contributed by atoms with Crippen LogP contribution in [0.2, 0.25) is 0 Å². The zero-order valence-corrected chi connectivity index (χ0v) is 10.7. The van der Waals surface area contributed by atoms with Crippen LogP contribution in [0.25, 0.3) is 5.65 Å². The topological polar surface area (TPSA) is 77.5 Å². The van der Waals surface area contributed by atoms with Crippen LogP contribution in [0.1, 0.15) is 24.5 Å². The van der Waals surface area contributed by atoms with Crippen LogP contribution in [-0.2, 0) is 9.84 Å². The van der Waals surface area contributed by atoms with Gasteiger partial charge < -0.3 is 10.1 Å². The highest BCUT2D eigenvalue weighted by Gasteiger charge is 2.27. The predicted octanol–water partition coefficient (Wildman–Crippen LogP) is 1.21. The molecule has 0 bridgehead atoms. The Morgan fingerprint density at radius 1 is 1.33 bits per heavy atom. The summed E-state index contributed by atoms with van der Waals surface area (Å²) in [6.45, 7) is 0. The van der Waals surface area contributed by atoms with Crippen molar-refractivity contribution >= 4 is 21.2 Å². The Kier molecular flexibility index (Phi) is 2.55. The summed E-state index contributed by atoms with van der Waals surface area (Å²) in [5, 5.41) is 0. The second-order valence-electron chi connectivity index (χ2n) is 4.85. The van der Waals surface area contributed by atoms with Gasteiger partial charge >= 0.3 is 0 Å². The van der Waals surface area contributed by atoms with Crippen molar-refractivity contribution in [2.24, 2.45) is 0 Å². The van der Waals surface area contributed by atoms with Gasteiger partial charge in [0, 0.05) is 24.0 Å². The van der Waals surface area contributed by atoms with Gasteiger partial charge in [0.25, 0.3) is 0 Å². The normalized spacial score (nSPS) is 23.2. The zero-order chi connectivity index (χ0) is 12.8. The fourth-order valence-corrected chi connectivity index (χ4v) is 4.21. The van der Waals surface area contributed by atoms with Crippen LogP contribution in [-0.4, -0.2) is 29.3 Å². The van der Waals surface area contributed by atoms with Crippen molar-refractivity contribution < 1.29 is 8.42 Å². The lowest BCUT2D eigenvalue weighted by Crippen LogP contribution is -2.23. The number of fused-ring (bicyclic) bond motifs is 1. The molecule has 0 saturated carbocycles. The Morgan fingerprint density at radius 2 is 2.17 bits per heavy atom. The minimum Gasteiger partial charge on any atom is -0.398 e. The molecule has 1 fully saturated rings. The molecule has 3 heterocycles. The molecule has 0 amide bonds. The molecule has 1 aliphatic rings. The van der Waals surface area contributed by atoms with Crippen LogP contribution in [0.5, 0.6) is 0 Å². The van der Waals surface area contributed by atoms with Crippen LogP contribution < -0.4 is 5.73 Å². The van der Waals surface area contributed by atoms with Gasteiger partial charge in [-0.15, -0.1) is 0 Å². The first kappa shape index (κ1) is 11.5. The van der Waals surface area contributed by atoms with Crippen LogP contribution in [0.3, 0.4) is 0 Å². The average Bonchev–Trinajstić information content (AvgIpc) is 2.70. The SMILES string of the molecule is Nc1ccc2nc(C3CCCS(=O)(=O)C3)cn2c1. The standard InChI is InChI=1S/C12H15N3O2S/c13-10-3-4-12-14-11(7-15(12)6-10)9-2-1-5-18(16,17)8-9/h3-4,6-7,9H,1-2,5,8,13H2. The number of sulfone groups is 1. The monoisotopic (exact) mass is 265 g/mol. The van der Waals surface area contributed by atoms with E-state index in [0.29, 0.717) is 11.4 Å². The third-order valence-electron chi connectivity index (χ3n) is 3.37. The maximum Gasteiger partial charge on any atom is 0.150 e. The van der Waals surface area contributed by atoms with Crippen molar-refractivity contribution in [3.63, 3.8) is 0 Å². The van der Waals surface area contributed by atoms with Crippen molar-refractivity contribution in [3.8, 4) is 0 Å². The molecule has 1 aliphatic heterocycles. The number of hydrogen-bond acceptors (Lipinski definition) is 4. The molecule has 0 spiro atoms. The lowest BCUT2D eigenvalue weighted by atomic mass is 10.0. The van der Waals surface area contributed by atoms with E-state index in [1.54, 1.807) is 12.3 Å². The van der Waals surface area contributed by atoms with Crippen LogP contribution in [0, 0.1) is 0 Å². The number of hydrogen-bond donors (Lipinski definition) is 1. The van der Waals surface area contributed by atoms with Crippen LogP contribution in [0.4, 0.5) is 5.69 Å². The number of anilines is 1. The number of pyridine rings is 1. The molecule has 2 aromatic heterocycles. The summed E-state index contributed by atoms with van der Waals surface area (Å²) in [4.78, 5) is 4.49. The first-order valence-corrected chi connectivity index (χ1v) is 7.80. The molecule has 1 atom stereocenters. The molecule has 6 heteroatoms. The van der Waals surface area contributed by atoms with Crippen LogP contribution >= 0.6 is 0 Å². The van der Waals surface area contributed by atoms with Crippen molar-refractivity contribution in [2.45, 2.75) is 18.8 Å².